The Morgan fingerprint density at radius 1 is 0.917 bits per heavy atom. The first-order valence-electron chi connectivity index (χ1n) is 11.9. The second-order valence-electron chi connectivity index (χ2n) is 8.13. The average molecular weight is 480 g/mol. The summed E-state index contributed by atoms with van der Waals surface area (Å²) < 4.78 is 0. The quantitative estimate of drug-likeness (QED) is 0.181. The molecule has 0 saturated heterocycles. The predicted molar refractivity (Wildman–Crippen MR) is 146 cm³/mol. The smallest absolute Gasteiger partial charge is 0.287 e. The van der Waals surface area contributed by atoms with Crippen LogP contribution in [0.1, 0.15) is 35.3 Å². The molecule has 7 nitrogen and oxygen atoms in total. The Balaban J connectivity index is 1.56. The van der Waals surface area contributed by atoms with Gasteiger partial charge in [-0.05, 0) is 55.8 Å². The van der Waals surface area contributed by atoms with E-state index >= 15 is 0 Å². The number of aromatic nitrogens is 1. The zero-order valence-corrected chi connectivity index (χ0v) is 20.4. The van der Waals surface area contributed by atoms with E-state index in [9.17, 15) is 9.59 Å². The number of carbonyl (C=O) groups excluding carboxylic acids is 2. The zero-order valence-electron chi connectivity index (χ0n) is 20.4. The highest BCUT2D eigenvalue weighted by Gasteiger charge is 2.14. The number of H-pyrrole nitrogens is 1. The van der Waals surface area contributed by atoms with Crippen molar-refractivity contribution in [3.05, 3.63) is 107 Å². The molecule has 1 heterocycles. The van der Waals surface area contributed by atoms with E-state index in [4.69, 9.17) is 0 Å². The minimum atomic E-state index is -0.525. The number of hydrogen-bond donors (Lipinski definition) is 3. The van der Waals surface area contributed by atoms with Crippen LogP contribution < -0.4 is 15.6 Å². The largest absolute Gasteiger partial charge is 0.372 e. The van der Waals surface area contributed by atoms with Gasteiger partial charge in [-0.15, -0.1) is 0 Å². The van der Waals surface area contributed by atoms with Crippen LogP contribution in [0.5, 0.6) is 0 Å². The van der Waals surface area contributed by atoms with Crippen molar-refractivity contribution in [1.82, 2.24) is 15.7 Å². The van der Waals surface area contributed by atoms with Crippen LogP contribution in [0.4, 0.5) is 5.69 Å². The molecule has 3 aromatic carbocycles. The maximum atomic E-state index is 13.1. The molecule has 0 unspecified atom stereocenters. The standard InChI is InChI=1S/C29H29N5O2/c1-3-34(4-2)24-16-14-21(15-17-24)18-27(32-28(35)22-10-6-5-7-11-22)29(36)33-31-20-23-19-30-26-13-9-8-12-25(23)26/h5-20,30H,3-4H2,1-2H3,(H,32,35)(H,33,36)/b27-18+,31-20+. The molecular formula is C29H29N5O2. The molecule has 0 radical (unpaired) electrons. The number of benzene rings is 3. The van der Waals surface area contributed by atoms with E-state index in [1.54, 1.807) is 36.6 Å². The summed E-state index contributed by atoms with van der Waals surface area (Å²) in [4.78, 5) is 31.3. The molecule has 0 atom stereocenters. The first-order valence-corrected chi connectivity index (χ1v) is 11.9. The van der Waals surface area contributed by atoms with Crippen molar-refractivity contribution < 1.29 is 9.59 Å². The highest BCUT2D eigenvalue weighted by Crippen LogP contribution is 2.17. The number of fused-ring (bicyclic) bond motifs is 1. The van der Waals surface area contributed by atoms with Crippen LogP contribution >= 0.6 is 0 Å². The van der Waals surface area contributed by atoms with Crippen molar-refractivity contribution in [3.63, 3.8) is 0 Å². The van der Waals surface area contributed by atoms with Crippen molar-refractivity contribution in [2.24, 2.45) is 5.10 Å². The fourth-order valence-electron chi connectivity index (χ4n) is 3.90. The van der Waals surface area contributed by atoms with E-state index in [1.807, 2.05) is 60.8 Å². The number of nitrogens with zero attached hydrogens (tertiary/aromatic N) is 2. The molecule has 182 valence electrons. The lowest BCUT2D eigenvalue weighted by Gasteiger charge is -2.20. The Hall–Kier alpha value is -4.65. The molecule has 0 spiro atoms. The lowest BCUT2D eigenvalue weighted by atomic mass is 10.1. The zero-order chi connectivity index (χ0) is 25.3. The first-order chi connectivity index (χ1) is 17.6. The number of rotatable bonds is 9. The van der Waals surface area contributed by atoms with E-state index in [1.165, 1.54) is 0 Å². The van der Waals surface area contributed by atoms with E-state index in [-0.39, 0.29) is 11.6 Å². The van der Waals surface area contributed by atoms with Gasteiger partial charge in [-0.25, -0.2) is 5.43 Å². The molecule has 36 heavy (non-hydrogen) atoms. The van der Waals surface area contributed by atoms with Gasteiger partial charge < -0.3 is 15.2 Å². The summed E-state index contributed by atoms with van der Waals surface area (Å²) in [6, 6.07) is 24.4. The minimum absolute atomic E-state index is 0.0931. The van der Waals surface area contributed by atoms with Crippen molar-refractivity contribution in [1.29, 1.82) is 0 Å². The molecule has 4 rings (SSSR count). The van der Waals surface area contributed by atoms with E-state index in [2.05, 4.69) is 39.6 Å². The number of hydrogen-bond acceptors (Lipinski definition) is 4. The maximum absolute atomic E-state index is 13.1. The predicted octanol–water partition coefficient (Wildman–Crippen LogP) is 4.94. The summed E-state index contributed by atoms with van der Waals surface area (Å²) in [6.07, 6.45) is 5.04. The van der Waals surface area contributed by atoms with Crippen molar-refractivity contribution in [3.8, 4) is 0 Å². The van der Waals surface area contributed by atoms with Crippen LogP contribution in [-0.2, 0) is 4.79 Å². The number of carbonyl (C=O) groups is 2. The summed E-state index contributed by atoms with van der Waals surface area (Å²) in [7, 11) is 0. The van der Waals surface area contributed by atoms with E-state index in [0.717, 1.165) is 40.8 Å². The Bertz CT molecular complexity index is 1380. The molecule has 0 saturated carbocycles. The van der Waals surface area contributed by atoms with Crippen molar-refractivity contribution in [2.45, 2.75) is 13.8 Å². The van der Waals surface area contributed by atoms with Gasteiger partial charge in [0.1, 0.15) is 5.70 Å². The molecule has 0 aliphatic heterocycles. The molecule has 4 aromatic rings. The van der Waals surface area contributed by atoms with Crippen molar-refractivity contribution >= 4 is 40.7 Å². The van der Waals surface area contributed by atoms with Gasteiger partial charge in [0, 0.05) is 47.0 Å². The van der Waals surface area contributed by atoms with Crippen LogP contribution in [0.15, 0.2) is 95.9 Å². The molecule has 1 aromatic heterocycles. The Morgan fingerprint density at radius 3 is 2.33 bits per heavy atom. The third kappa shape index (κ3) is 5.88. The van der Waals surface area contributed by atoms with Crippen LogP contribution in [0, 0.1) is 0 Å². The summed E-state index contributed by atoms with van der Waals surface area (Å²) in [6.45, 7) is 6.02. The highest BCUT2D eigenvalue weighted by atomic mass is 16.2. The normalized spacial score (nSPS) is 11.6. The molecular weight excluding hydrogens is 450 g/mol. The lowest BCUT2D eigenvalue weighted by Crippen LogP contribution is -2.32. The van der Waals surface area contributed by atoms with Crippen LogP contribution in [0.3, 0.4) is 0 Å². The van der Waals surface area contributed by atoms with Crippen molar-refractivity contribution in [2.75, 3.05) is 18.0 Å². The molecule has 0 aliphatic rings. The molecule has 0 aliphatic carbocycles. The fourth-order valence-corrected chi connectivity index (χ4v) is 3.90. The molecule has 0 fully saturated rings. The van der Waals surface area contributed by atoms with Crippen LogP contribution in [0.25, 0.3) is 17.0 Å². The fraction of sp³-hybridized carbons (Fsp3) is 0.138. The molecule has 7 heteroatoms. The minimum Gasteiger partial charge on any atom is -0.372 e. The number of anilines is 1. The monoisotopic (exact) mass is 479 g/mol. The molecule has 2 amide bonds. The summed E-state index contributed by atoms with van der Waals surface area (Å²) in [5.74, 6) is -0.902. The Labute approximate surface area is 210 Å². The van der Waals surface area contributed by atoms with Gasteiger partial charge in [-0.1, -0.05) is 48.5 Å². The van der Waals surface area contributed by atoms with Gasteiger partial charge in [0.25, 0.3) is 11.8 Å². The van der Waals surface area contributed by atoms with E-state index in [0.29, 0.717) is 5.56 Å². The van der Waals surface area contributed by atoms with Gasteiger partial charge in [0.05, 0.1) is 6.21 Å². The number of amides is 2. The molecule has 3 N–H and O–H groups in total. The number of para-hydroxylation sites is 1. The number of hydrazone groups is 1. The van der Waals surface area contributed by atoms with Gasteiger partial charge in [-0.3, -0.25) is 9.59 Å². The summed E-state index contributed by atoms with van der Waals surface area (Å²) in [5.41, 5.74) is 6.79. The topological polar surface area (TPSA) is 89.6 Å². The second kappa shape index (κ2) is 11.7. The lowest BCUT2D eigenvalue weighted by molar-refractivity contribution is -0.117. The third-order valence-corrected chi connectivity index (χ3v) is 5.85. The van der Waals surface area contributed by atoms with Gasteiger partial charge >= 0.3 is 0 Å². The Morgan fingerprint density at radius 2 is 1.61 bits per heavy atom. The third-order valence-electron chi connectivity index (χ3n) is 5.85. The number of nitrogens with one attached hydrogen (secondary N) is 3. The highest BCUT2D eigenvalue weighted by molar-refractivity contribution is 6.06. The Kier molecular flexibility index (Phi) is 7.93. The SMILES string of the molecule is CCN(CC)c1ccc(/C=C(/NC(=O)c2ccccc2)C(=O)N/N=C/c2c[nH]c3ccccc23)cc1. The van der Waals surface area contributed by atoms with Gasteiger partial charge in [0.15, 0.2) is 0 Å². The van der Waals surface area contributed by atoms with Gasteiger partial charge in [0.2, 0.25) is 0 Å². The second-order valence-corrected chi connectivity index (χ2v) is 8.13. The first kappa shape index (κ1) is 24.5. The maximum Gasteiger partial charge on any atom is 0.287 e. The van der Waals surface area contributed by atoms with Crippen LogP contribution in [-0.4, -0.2) is 36.1 Å². The average Bonchev–Trinajstić information content (AvgIpc) is 3.33. The molecule has 0 bridgehead atoms. The van der Waals surface area contributed by atoms with E-state index < -0.39 is 5.91 Å². The number of aromatic amines is 1. The van der Waals surface area contributed by atoms with Gasteiger partial charge in [-0.2, -0.15) is 5.10 Å². The summed E-state index contributed by atoms with van der Waals surface area (Å²) in [5, 5.41) is 7.85. The summed E-state index contributed by atoms with van der Waals surface area (Å²) >= 11 is 0. The van der Waals surface area contributed by atoms with Crippen LogP contribution in [0.2, 0.25) is 0 Å².